The van der Waals surface area contributed by atoms with Crippen LogP contribution in [0, 0.1) is 0 Å². The minimum absolute atomic E-state index is 0.435. The average Bonchev–Trinajstić information content (AvgIpc) is 2.61. The van der Waals surface area contributed by atoms with E-state index in [9.17, 15) is 0 Å². The largest absolute Gasteiger partial charge is 0.379 e. The van der Waals surface area contributed by atoms with Gasteiger partial charge >= 0.3 is 0 Å². The van der Waals surface area contributed by atoms with Gasteiger partial charge in [0.1, 0.15) is 0 Å². The van der Waals surface area contributed by atoms with Gasteiger partial charge < -0.3 is 15.8 Å². The van der Waals surface area contributed by atoms with Gasteiger partial charge in [0.25, 0.3) is 0 Å². The Labute approximate surface area is 139 Å². The molecule has 1 atom stereocenters. The molecule has 128 valence electrons. The van der Waals surface area contributed by atoms with Crippen molar-refractivity contribution in [2.45, 2.75) is 25.7 Å². The molecule has 1 heterocycles. The average molecular weight is 318 g/mol. The van der Waals surface area contributed by atoms with E-state index in [1.807, 2.05) is 6.07 Å². The zero-order chi connectivity index (χ0) is 16.3. The lowest BCUT2D eigenvalue weighted by molar-refractivity contribution is 0.0376. The monoisotopic (exact) mass is 318 g/mol. The van der Waals surface area contributed by atoms with Crippen molar-refractivity contribution in [1.82, 2.24) is 10.2 Å². The molecule has 1 aliphatic rings. The zero-order valence-corrected chi connectivity index (χ0v) is 14.2. The molecule has 23 heavy (non-hydrogen) atoms. The van der Waals surface area contributed by atoms with Gasteiger partial charge in [0, 0.05) is 32.1 Å². The molecular formula is C18H30N4O. The molecule has 1 unspecified atom stereocenters. The minimum atomic E-state index is 0.435. The fourth-order valence-corrected chi connectivity index (χ4v) is 2.80. The second kappa shape index (κ2) is 10.2. The molecule has 1 saturated heterocycles. The lowest BCUT2D eigenvalue weighted by Crippen LogP contribution is -2.39. The van der Waals surface area contributed by atoms with E-state index in [0.717, 1.165) is 58.8 Å². The van der Waals surface area contributed by atoms with Crippen molar-refractivity contribution in [3.8, 4) is 0 Å². The Kier molecular flexibility index (Phi) is 7.90. The Bertz CT molecular complexity index is 457. The third-order valence-corrected chi connectivity index (χ3v) is 4.31. The van der Waals surface area contributed by atoms with Crippen LogP contribution in [0.4, 0.5) is 0 Å². The summed E-state index contributed by atoms with van der Waals surface area (Å²) in [7, 11) is 0. The van der Waals surface area contributed by atoms with Gasteiger partial charge in [-0.05, 0) is 24.9 Å². The first-order valence-electron chi connectivity index (χ1n) is 8.68. The number of benzene rings is 1. The number of nitrogens with one attached hydrogen (secondary N) is 1. The van der Waals surface area contributed by atoms with Crippen LogP contribution in [0.3, 0.4) is 0 Å². The second-order valence-corrected chi connectivity index (χ2v) is 5.98. The van der Waals surface area contributed by atoms with Gasteiger partial charge in [-0.25, -0.2) is 0 Å². The summed E-state index contributed by atoms with van der Waals surface area (Å²) in [5, 5.41) is 3.22. The molecule has 1 aromatic rings. The summed E-state index contributed by atoms with van der Waals surface area (Å²) in [6.45, 7) is 8.68. The number of guanidine groups is 1. The predicted molar refractivity (Wildman–Crippen MR) is 95.8 cm³/mol. The Hall–Kier alpha value is -1.59. The highest BCUT2D eigenvalue weighted by atomic mass is 16.5. The van der Waals surface area contributed by atoms with Gasteiger partial charge in [0.15, 0.2) is 5.96 Å². The van der Waals surface area contributed by atoms with Crippen LogP contribution in [-0.4, -0.2) is 56.8 Å². The fraction of sp³-hybridized carbons (Fsp3) is 0.611. The third-order valence-electron chi connectivity index (χ3n) is 4.31. The Morgan fingerprint density at radius 2 is 2.04 bits per heavy atom. The van der Waals surface area contributed by atoms with Crippen molar-refractivity contribution in [1.29, 1.82) is 0 Å². The standard InChI is InChI=1S/C18H30N4O/c1-2-16(17-7-4-3-5-8-17)15-21-18(19)20-9-6-10-22-11-13-23-14-12-22/h3-5,7-8,16H,2,6,9-15H2,1H3,(H3,19,20,21). The molecular weight excluding hydrogens is 288 g/mol. The highest BCUT2D eigenvalue weighted by molar-refractivity contribution is 5.77. The number of morpholine rings is 1. The van der Waals surface area contributed by atoms with E-state index in [0.29, 0.717) is 11.9 Å². The lowest BCUT2D eigenvalue weighted by atomic mass is 9.97. The van der Waals surface area contributed by atoms with E-state index in [2.05, 4.69) is 46.4 Å². The third kappa shape index (κ3) is 6.59. The molecule has 0 aromatic heterocycles. The van der Waals surface area contributed by atoms with E-state index in [1.165, 1.54) is 5.56 Å². The van der Waals surface area contributed by atoms with Crippen LogP contribution in [0.2, 0.25) is 0 Å². The van der Waals surface area contributed by atoms with E-state index in [-0.39, 0.29) is 0 Å². The van der Waals surface area contributed by atoms with Gasteiger partial charge in [-0.2, -0.15) is 0 Å². The van der Waals surface area contributed by atoms with Crippen LogP contribution in [0.5, 0.6) is 0 Å². The molecule has 1 aliphatic heterocycles. The first-order valence-corrected chi connectivity index (χ1v) is 8.68. The van der Waals surface area contributed by atoms with Gasteiger partial charge in [-0.3, -0.25) is 9.89 Å². The molecule has 0 amide bonds. The van der Waals surface area contributed by atoms with Crippen molar-refractivity contribution in [3.05, 3.63) is 35.9 Å². The molecule has 5 nitrogen and oxygen atoms in total. The maximum Gasteiger partial charge on any atom is 0.188 e. The molecule has 0 aliphatic carbocycles. The molecule has 0 spiro atoms. The Morgan fingerprint density at radius 3 is 2.74 bits per heavy atom. The molecule has 0 radical (unpaired) electrons. The highest BCUT2D eigenvalue weighted by Gasteiger charge is 2.10. The number of hydrogen-bond acceptors (Lipinski definition) is 3. The summed E-state index contributed by atoms with van der Waals surface area (Å²) in [6, 6.07) is 10.5. The number of aliphatic imine (C=N–C) groups is 1. The maximum absolute atomic E-state index is 5.98. The minimum Gasteiger partial charge on any atom is -0.379 e. The van der Waals surface area contributed by atoms with Gasteiger partial charge in [-0.15, -0.1) is 0 Å². The number of hydrogen-bond donors (Lipinski definition) is 2. The number of ether oxygens (including phenoxy) is 1. The maximum atomic E-state index is 5.98. The second-order valence-electron chi connectivity index (χ2n) is 5.98. The lowest BCUT2D eigenvalue weighted by Gasteiger charge is -2.26. The molecule has 0 bridgehead atoms. The van der Waals surface area contributed by atoms with Crippen LogP contribution in [0.15, 0.2) is 35.3 Å². The molecule has 1 aromatic carbocycles. The van der Waals surface area contributed by atoms with Crippen molar-refractivity contribution in [2.75, 3.05) is 45.9 Å². The van der Waals surface area contributed by atoms with E-state index < -0.39 is 0 Å². The number of rotatable bonds is 8. The quantitative estimate of drug-likeness (QED) is 0.436. The summed E-state index contributed by atoms with van der Waals surface area (Å²) in [6.07, 6.45) is 2.14. The van der Waals surface area contributed by atoms with Crippen LogP contribution in [0.1, 0.15) is 31.2 Å². The summed E-state index contributed by atoms with van der Waals surface area (Å²) in [5.74, 6) is 0.992. The van der Waals surface area contributed by atoms with Gasteiger partial charge in [0.2, 0.25) is 0 Å². The van der Waals surface area contributed by atoms with E-state index in [1.54, 1.807) is 0 Å². The molecule has 5 heteroatoms. The smallest absolute Gasteiger partial charge is 0.188 e. The normalized spacial score (nSPS) is 17.9. The van der Waals surface area contributed by atoms with E-state index in [4.69, 9.17) is 10.5 Å². The predicted octanol–water partition coefficient (Wildman–Crippen LogP) is 1.81. The number of nitrogens with zero attached hydrogens (tertiary/aromatic N) is 2. The molecule has 1 fully saturated rings. The van der Waals surface area contributed by atoms with E-state index >= 15 is 0 Å². The first kappa shape index (κ1) is 17.8. The van der Waals surface area contributed by atoms with Crippen LogP contribution >= 0.6 is 0 Å². The van der Waals surface area contributed by atoms with Crippen molar-refractivity contribution >= 4 is 5.96 Å². The summed E-state index contributed by atoms with van der Waals surface area (Å²) in [4.78, 5) is 6.94. The number of nitrogens with two attached hydrogens (primary N) is 1. The molecule has 2 rings (SSSR count). The molecule has 3 N–H and O–H groups in total. The highest BCUT2D eigenvalue weighted by Crippen LogP contribution is 2.19. The van der Waals surface area contributed by atoms with Crippen LogP contribution < -0.4 is 11.1 Å². The zero-order valence-electron chi connectivity index (χ0n) is 14.2. The summed E-state index contributed by atoms with van der Waals surface area (Å²) >= 11 is 0. The topological polar surface area (TPSA) is 62.9 Å². The van der Waals surface area contributed by atoms with Crippen molar-refractivity contribution < 1.29 is 4.74 Å². The first-order chi connectivity index (χ1) is 11.3. The SMILES string of the molecule is CCC(CN=C(N)NCCCN1CCOCC1)c1ccccc1. The summed E-state index contributed by atoms with van der Waals surface area (Å²) < 4.78 is 5.35. The van der Waals surface area contributed by atoms with Crippen LogP contribution in [-0.2, 0) is 4.74 Å². The van der Waals surface area contributed by atoms with Crippen LogP contribution in [0.25, 0.3) is 0 Å². The summed E-state index contributed by atoms with van der Waals surface area (Å²) in [5.41, 5.74) is 7.31. The van der Waals surface area contributed by atoms with Crippen molar-refractivity contribution in [2.24, 2.45) is 10.7 Å². The van der Waals surface area contributed by atoms with Crippen molar-refractivity contribution in [3.63, 3.8) is 0 Å². The molecule has 0 saturated carbocycles. The fourth-order valence-electron chi connectivity index (χ4n) is 2.80. The van der Waals surface area contributed by atoms with Gasteiger partial charge in [0.05, 0.1) is 13.2 Å². The Balaban J connectivity index is 1.65. The Morgan fingerprint density at radius 1 is 1.30 bits per heavy atom. The van der Waals surface area contributed by atoms with Gasteiger partial charge in [-0.1, -0.05) is 37.3 Å².